The standard InChI is InChI=1S/C37H45F2N7OS2.C10H10N2O3/c1-5-22-48-44-28-13-9-12-26(31(28)39)32-33(49-35(43-32)37(2,3)4)29-16-17-40-36(42-29)41-25-14-15-30(27(38)23-25)45-18-20-46(21-19-45)34(47)24-10-7-6-8-11-24;13-8-3-1-6(5-11-8)7-2-4-9(14)12-10(7)15/h9,12-17,23-24,44H,5-8,10-11,18-22H2,1-4H3,(H,40,41,42);1,3,5,7H,2,4H2,(H,11,13)(H,12,14,15). The van der Waals surface area contributed by atoms with Crippen molar-refractivity contribution < 1.29 is 23.2 Å². The average Bonchev–Trinajstić information content (AvgIpc) is 3.75. The number of carbonyl (C=O) groups is 3. The van der Waals surface area contributed by atoms with Gasteiger partial charge in [-0.15, -0.1) is 11.3 Å². The number of imide groups is 1. The Balaban J connectivity index is 0.000000344. The highest BCUT2D eigenvalue weighted by molar-refractivity contribution is 8.00. The number of anilines is 4. The van der Waals surface area contributed by atoms with Crippen LogP contribution in [0.15, 0.2) is 71.8 Å². The lowest BCUT2D eigenvalue weighted by Crippen LogP contribution is -2.50. The van der Waals surface area contributed by atoms with E-state index in [4.69, 9.17) is 9.97 Å². The van der Waals surface area contributed by atoms with Gasteiger partial charge in [0.25, 0.3) is 0 Å². The predicted molar refractivity (Wildman–Crippen MR) is 251 cm³/mol. The lowest BCUT2D eigenvalue weighted by atomic mass is 9.88. The van der Waals surface area contributed by atoms with Gasteiger partial charge in [-0.2, -0.15) is 0 Å². The average molecular weight is 912 g/mol. The highest BCUT2D eigenvalue weighted by atomic mass is 32.2. The van der Waals surface area contributed by atoms with Gasteiger partial charge < -0.3 is 24.8 Å². The first kappa shape index (κ1) is 46.3. The van der Waals surface area contributed by atoms with Gasteiger partial charge in [0.1, 0.15) is 5.82 Å². The number of hydrogen-bond donors (Lipinski definition) is 4. The maximum absolute atomic E-state index is 15.9. The third-order valence-electron chi connectivity index (χ3n) is 11.4. The second-order valence-electron chi connectivity index (χ2n) is 17.3. The summed E-state index contributed by atoms with van der Waals surface area (Å²) in [5.74, 6) is -0.00847. The molecule has 4 N–H and O–H groups in total. The monoisotopic (exact) mass is 911 g/mol. The molecule has 5 aromatic rings. The van der Waals surface area contributed by atoms with E-state index < -0.39 is 0 Å². The quantitative estimate of drug-likeness (QED) is 0.0567. The molecule has 2 aliphatic heterocycles. The fourth-order valence-electron chi connectivity index (χ4n) is 7.96. The Kier molecular flexibility index (Phi) is 15.1. The zero-order chi connectivity index (χ0) is 45.4. The van der Waals surface area contributed by atoms with Crippen molar-refractivity contribution in [1.82, 2.24) is 30.2 Å². The van der Waals surface area contributed by atoms with Gasteiger partial charge in [0.05, 0.1) is 38.6 Å². The Hall–Kier alpha value is -5.68. The van der Waals surface area contributed by atoms with E-state index in [1.54, 1.807) is 36.5 Å². The van der Waals surface area contributed by atoms with E-state index in [0.29, 0.717) is 79.0 Å². The first-order valence-electron chi connectivity index (χ1n) is 21.9. The molecule has 8 rings (SSSR count). The summed E-state index contributed by atoms with van der Waals surface area (Å²) in [6.45, 7) is 10.7. The number of aromatic nitrogens is 4. The van der Waals surface area contributed by atoms with Crippen molar-refractivity contribution in [2.45, 2.75) is 90.4 Å². The molecule has 64 heavy (non-hydrogen) atoms. The van der Waals surface area contributed by atoms with Crippen LogP contribution in [0, 0.1) is 17.6 Å². The second-order valence-corrected chi connectivity index (χ2v) is 19.2. The topological polar surface area (TPSA) is 165 Å². The molecule has 3 fully saturated rings. The molecule has 2 saturated heterocycles. The molecule has 0 bridgehead atoms. The third kappa shape index (κ3) is 11.3. The minimum atomic E-state index is -0.363. The number of carbonyl (C=O) groups excluding carboxylic acids is 3. The number of pyridine rings is 1. The first-order valence-corrected chi connectivity index (χ1v) is 23.7. The fourth-order valence-corrected chi connectivity index (χ4v) is 9.69. The number of H-pyrrole nitrogens is 1. The lowest BCUT2D eigenvalue weighted by Gasteiger charge is -2.38. The second kappa shape index (κ2) is 20.9. The molecule has 1 saturated carbocycles. The van der Waals surface area contributed by atoms with Gasteiger partial charge in [-0.3, -0.25) is 24.5 Å². The summed E-state index contributed by atoms with van der Waals surface area (Å²) in [5, 5.41) is 6.29. The van der Waals surface area contributed by atoms with Crippen LogP contribution >= 0.6 is 23.3 Å². The highest BCUT2D eigenvalue weighted by Gasteiger charge is 2.31. The Labute approximate surface area is 380 Å². The molecule has 1 aliphatic carbocycles. The zero-order valence-electron chi connectivity index (χ0n) is 36.6. The molecule has 1 atom stereocenters. The number of piperidine rings is 1. The van der Waals surface area contributed by atoms with E-state index in [2.05, 4.69) is 53.0 Å². The van der Waals surface area contributed by atoms with E-state index in [0.717, 1.165) is 53.3 Å². The number of rotatable bonds is 11. The van der Waals surface area contributed by atoms with Crippen molar-refractivity contribution in [1.29, 1.82) is 0 Å². The normalized spacial score (nSPS) is 17.1. The molecule has 0 radical (unpaired) electrons. The van der Waals surface area contributed by atoms with Crippen LogP contribution < -0.4 is 25.8 Å². The molecule has 3 amide bonds. The molecule has 2 aromatic carbocycles. The summed E-state index contributed by atoms with van der Waals surface area (Å²) in [6, 6.07) is 15.1. The molecule has 3 aromatic heterocycles. The van der Waals surface area contributed by atoms with E-state index in [-0.39, 0.29) is 52.2 Å². The number of thiazole rings is 1. The first-order chi connectivity index (χ1) is 30.8. The van der Waals surface area contributed by atoms with Crippen LogP contribution in [0.3, 0.4) is 0 Å². The van der Waals surface area contributed by atoms with Gasteiger partial charge in [0.15, 0.2) is 5.82 Å². The van der Waals surface area contributed by atoms with Gasteiger partial charge in [-0.25, -0.2) is 23.7 Å². The summed E-state index contributed by atoms with van der Waals surface area (Å²) in [6.07, 6.45) is 10.4. The lowest BCUT2D eigenvalue weighted by molar-refractivity contribution is -0.137. The van der Waals surface area contributed by atoms with Crippen LogP contribution in [0.25, 0.3) is 21.8 Å². The van der Waals surface area contributed by atoms with Crippen molar-refractivity contribution in [3.63, 3.8) is 0 Å². The Morgan fingerprint density at radius 1 is 0.953 bits per heavy atom. The van der Waals surface area contributed by atoms with E-state index in [9.17, 15) is 19.2 Å². The number of nitrogens with zero attached hydrogens (tertiary/aromatic N) is 5. The van der Waals surface area contributed by atoms with E-state index in [1.165, 1.54) is 48.0 Å². The molecule has 3 aliphatic rings. The largest absolute Gasteiger partial charge is 0.366 e. The number of amides is 3. The molecule has 13 nitrogen and oxygen atoms in total. The maximum atomic E-state index is 15.9. The van der Waals surface area contributed by atoms with Crippen LogP contribution in [0.2, 0.25) is 0 Å². The van der Waals surface area contributed by atoms with Crippen molar-refractivity contribution in [2.75, 3.05) is 46.9 Å². The molecule has 17 heteroatoms. The SMILES string of the molecule is CCCSNc1cccc(-c2nc(C(C)(C)C)sc2-c2ccnc(Nc3ccc(N4CCN(C(=O)C5CCCCC5)CC4)c(F)c3)n2)c1F.O=C1CCC(c2ccc(=O)[nH]c2)C(=O)N1. The predicted octanol–water partition coefficient (Wildman–Crippen LogP) is 9.18. The molecular formula is C47H55F2N9O4S2. The number of halogens is 2. The van der Waals surface area contributed by atoms with Gasteiger partial charge in [-0.1, -0.05) is 71.0 Å². The van der Waals surface area contributed by atoms with Gasteiger partial charge in [-0.05, 0) is 67.6 Å². The van der Waals surface area contributed by atoms with E-state index in [1.807, 2.05) is 21.9 Å². The molecule has 338 valence electrons. The van der Waals surface area contributed by atoms with Crippen molar-refractivity contribution >= 4 is 64.0 Å². The third-order valence-corrected chi connectivity index (χ3v) is 13.9. The summed E-state index contributed by atoms with van der Waals surface area (Å²) >= 11 is 2.96. The van der Waals surface area contributed by atoms with Crippen molar-refractivity contribution in [3.8, 4) is 21.8 Å². The molecular weight excluding hydrogens is 857 g/mol. The van der Waals surface area contributed by atoms with Crippen LogP contribution in [0.5, 0.6) is 0 Å². The van der Waals surface area contributed by atoms with Gasteiger partial charge >= 0.3 is 0 Å². The number of piperazine rings is 1. The van der Waals surface area contributed by atoms with Gasteiger partial charge in [0, 0.05) is 79.4 Å². The van der Waals surface area contributed by atoms with Crippen LogP contribution in [-0.4, -0.2) is 74.5 Å². The Morgan fingerprint density at radius 2 is 1.73 bits per heavy atom. The maximum Gasteiger partial charge on any atom is 0.247 e. The number of nitrogens with one attached hydrogen (secondary N) is 4. The summed E-state index contributed by atoms with van der Waals surface area (Å²) in [5.41, 5.74) is 3.23. The summed E-state index contributed by atoms with van der Waals surface area (Å²) < 4.78 is 34.5. The van der Waals surface area contributed by atoms with Crippen molar-refractivity contribution in [3.05, 3.63) is 99.6 Å². The molecule has 1 unspecified atom stereocenters. The minimum absolute atomic E-state index is 0.149. The minimum Gasteiger partial charge on any atom is -0.366 e. The Bertz CT molecular complexity index is 2490. The number of benzene rings is 2. The zero-order valence-corrected chi connectivity index (χ0v) is 38.3. The van der Waals surface area contributed by atoms with Crippen molar-refractivity contribution in [2.24, 2.45) is 5.92 Å². The molecule has 5 heterocycles. The van der Waals surface area contributed by atoms with Gasteiger partial charge in [0.2, 0.25) is 29.2 Å². The van der Waals surface area contributed by atoms with Crippen LogP contribution in [0.4, 0.5) is 31.8 Å². The summed E-state index contributed by atoms with van der Waals surface area (Å²) in [7, 11) is 0. The Morgan fingerprint density at radius 3 is 2.42 bits per heavy atom. The number of aromatic amines is 1. The smallest absolute Gasteiger partial charge is 0.247 e. The van der Waals surface area contributed by atoms with E-state index >= 15 is 8.78 Å². The van der Waals surface area contributed by atoms with Crippen LogP contribution in [0.1, 0.15) is 95.6 Å². The fraction of sp³-hybridized carbons (Fsp3) is 0.426. The summed E-state index contributed by atoms with van der Waals surface area (Å²) in [4.78, 5) is 67.5. The molecule has 0 spiro atoms. The highest BCUT2D eigenvalue weighted by Crippen LogP contribution is 2.42. The van der Waals surface area contributed by atoms with Crippen LogP contribution in [-0.2, 0) is 19.8 Å². The number of hydrogen-bond acceptors (Lipinski definition) is 12.